The van der Waals surface area contributed by atoms with Gasteiger partial charge in [0.2, 0.25) is 0 Å². The predicted octanol–water partition coefficient (Wildman–Crippen LogP) is 3.43. The van der Waals surface area contributed by atoms with Crippen molar-refractivity contribution in [2.45, 2.75) is 31.7 Å². The van der Waals surface area contributed by atoms with E-state index in [9.17, 15) is 0 Å². The molecule has 0 radical (unpaired) electrons. The van der Waals surface area contributed by atoms with Gasteiger partial charge in [0, 0.05) is 25.2 Å². The van der Waals surface area contributed by atoms with Gasteiger partial charge in [0.25, 0.3) is 0 Å². The van der Waals surface area contributed by atoms with Crippen LogP contribution in [0.15, 0.2) is 47.1 Å². The second-order valence-corrected chi connectivity index (χ2v) is 5.89. The molecule has 1 saturated heterocycles. The molecule has 3 nitrogen and oxygen atoms in total. The molecule has 1 aliphatic heterocycles. The largest absolute Gasteiger partial charge is 0.468 e. The summed E-state index contributed by atoms with van der Waals surface area (Å²) in [6.07, 6.45) is 3.87. The first-order valence-corrected chi connectivity index (χ1v) is 7.67. The van der Waals surface area contributed by atoms with Gasteiger partial charge in [0.15, 0.2) is 0 Å². The summed E-state index contributed by atoms with van der Waals surface area (Å²) in [4.78, 5) is 0. The maximum Gasteiger partial charge on any atom is 0.117 e. The third kappa shape index (κ3) is 3.20. The quantitative estimate of drug-likeness (QED) is 0.914. The van der Waals surface area contributed by atoms with Crippen molar-refractivity contribution in [2.24, 2.45) is 0 Å². The van der Waals surface area contributed by atoms with Gasteiger partial charge in [-0.05, 0) is 43.0 Å². The summed E-state index contributed by atoms with van der Waals surface area (Å²) in [6, 6.07) is 12.7. The molecule has 0 atom stereocenters. The summed E-state index contributed by atoms with van der Waals surface area (Å²) in [5.41, 5.74) is 3.01. The first-order chi connectivity index (χ1) is 10.3. The van der Waals surface area contributed by atoms with E-state index in [-0.39, 0.29) is 5.41 Å². The zero-order chi connectivity index (χ0) is 14.5. The van der Waals surface area contributed by atoms with Gasteiger partial charge >= 0.3 is 0 Å². The fourth-order valence-corrected chi connectivity index (χ4v) is 3.31. The molecule has 21 heavy (non-hydrogen) atoms. The summed E-state index contributed by atoms with van der Waals surface area (Å²) >= 11 is 0. The Bertz CT molecular complexity index is 556. The Labute approximate surface area is 126 Å². The van der Waals surface area contributed by atoms with Gasteiger partial charge in [-0.2, -0.15) is 0 Å². The van der Waals surface area contributed by atoms with Gasteiger partial charge in [0.1, 0.15) is 5.76 Å². The highest BCUT2D eigenvalue weighted by molar-refractivity contribution is 5.34. The monoisotopic (exact) mass is 285 g/mol. The Morgan fingerprint density at radius 2 is 1.90 bits per heavy atom. The van der Waals surface area contributed by atoms with Gasteiger partial charge in [-0.25, -0.2) is 0 Å². The van der Waals surface area contributed by atoms with Gasteiger partial charge in [-0.15, -0.1) is 0 Å². The average molecular weight is 285 g/mol. The van der Waals surface area contributed by atoms with E-state index < -0.39 is 0 Å². The van der Waals surface area contributed by atoms with E-state index >= 15 is 0 Å². The van der Waals surface area contributed by atoms with Crippen LogP contribution in [0.25, 0.3) is 0 Å². The second kappa shape index (κ2) is 6.46. The molecule has 0 unspecified atom stereocenters. The van der Waals surface area contributed by atoms with E-state index in [4.69, 9.17) is 9.15 Å². The molecular weight excluding hydrogens is 262 g/mol. The van der Waals surface area contributed by atoms with Crippen LogP contribution in [-0.2, 0) is 16.7 Å². The average Bonchev–Trinajstić information content (AvgIpc) is 3.02. The molecule has 0 bridgehead atoms. The Morgan fingerprint density at radius 1 is 1.10 bits per heavy atom. The molecule has 1 N–H and O–H groups in total. The van der Waals surface area contributed by atoms with Crippen LogP contribution < -0.4 is 5.32 Å². The van der Waals surface area contributed by atoms with Crippen LogP contribution in [0.2, 0.25) is 0 Å². The fraction of sp³-hybridized carbons (Fsp3) is 0.444. The molecule has 2 heterocycles. The maximum atomic E-state index is 5.59. The van der Waals surface area contributed by atoms with Gasteiger partial charge in [0.05, 0.1) is 12.8 Å². The minimum Gasteiger partial charge on any atom is -0.468 e. The number of benzene rings is 1. The highest BCUT2D eigenvalue weighted by Crippen LogP contribution is 2.36. The summed E-state index contributed by atoms with van der Waals surface area (Å²) < 4.78 is 11.0. The van der Waals surface area contributed by atoms with Crippen molar-refractivity contribution >= 4 is 0 Å². The van der Waals surface area contributed by atoms with Crippen molar-refractivity contribution in [2.75, 3.05) is 19.8 Å². The van der Waals surface area contributed by atoms with Crippen LogP contribution >= 0.6 is 0 Å². The molecule has 1 aromatic carbocycles. The number of aryl methyl sites for hydroxylation is 1. The molecule has 1 aromatic heterocycles. The molecule has 0 aliphatic carbocycles. The third-order valence-corrected chi connectivity index (χ3v) is 4.51. The summed E-state index contributed by atoms with van der Waals surface area (Å²) in [5.74, 6) is 0.988. The minimum atomic E-state index is 0.177. The van der Waals surface area contributed by atoms with Crippen molar-refractivity contribution in [3.63, 3.8) is 0 Å². The molecule has 1 fully saturated rings. The lowest BCUT2D eigenvalue weighted by atomic mass is 9.72. The molecule has 112 valence electrons. The lowest BCUT2D eigenvalue weighted by Crippen LogP contribution is -2.43. The second-order valence-electron chi connectivity index (χ2n) is 5.89. The summed E-state index contributed by atoms with van der Waals surface area (Å²) in [7, 11) is 0. The van der Waals surface area contributed by atoms with Gasteiger partial charge in [-0.1, -0.05) is 24.3 Å². The van der Waals surface area contributed by atoms with Crippen molar-refractivity contribution in [3.8, 4) is 0 Å². The standard InChI is InChI=1S/C18H23NO2/c1-15-5-2-3-7-17(15)18(8-11-20-12-9-18)14-19-13-16-6-4-10-21-16/h2-7,10,19H,8-9,11-14H2,1H3. The van der Waals surface area contributed by atoms with Crippen LogP contribution in [0.4, 0.5) is 0 Å². The van der Waals surface area contributed by atoms with Crippen molar-refractivity contribution in [3.05, 3.63) is 59.5 Å². The highest BCUT2D eigenvalue weighted by atomic mass is 16.5. The molecule has 2 aromatic rings. The zero-order valence-corrected chi connectivity index (χ0v) is 12.6. The van der Waals surface area contributed by atoms with Crippen LogP contribution in [0, 0.1) is 6.92 Å². The number of nitrogens with one attached hydrogen (secondary N) is 1. The zero-order valence-electron chi connectivity index (χ0n) is 12.6. The number of hydrogen-bond acceptors (Lipinski definition) is 3. The highest BCUT2D eigenvalue weighted by Gasteiger charge is 2.35. The predicted molar refractivity (Wildman–Crippen MR) is 83.3 cm³/mol. The Morgan fingerprint density at radius 3 is 2.62 bits per heavy atom. The smallest absolute Gasteiger partial charge is 0.117 e. The molecule has 3 heteroatoms. The van der Waals surface area contributed by atoms with E-state index in [0.29, 0.717) is 0 Å². The number of hydrogen-bond donors (Lipinski definition) is 1. The van der Waals surface area contributed by atoms with Gasteiger partial charge in [-0.3, -0.25) is 0 Å². The van der Waals surface area contributed by atoms with Crippen molar-refractivity contribution in [1.82, 2.24) is 5.32 Å². The Balaban J connectivity index is 1.75. The lowest BCUT2D eigenvalue weighted by Gasteiger charge is -2.39. The van der Waals surface area contributed by atoms with Crippen molar-refractivity contribution in [1.29, 1.82) is 0 Å². The molecular formula is C18H23NO2. The van der Waals surface area contributed by atoms with Crippen LogP contribution in [0.1, 0.15) is 29.7 Å². The molecule has 0 spiro atoms. The van der Waals surface area contributed by atoms with Crippen molar-refractivity contribution < 1.29 is 9.15 Å². The summed E-state index contributed by atoms with van der Waals surface area (Å²) in [6.45, 7) is 5.63. The Kier molecular flexibility index (Phi) is 4.42. The topological polar surface area (TPSA) is 34.4 Å². The van der Waals surface area contributed by atoms with E-state index in [1.54, 1.807) is 6.26 Å². The number of rotatable bonds is 5. The third-order valence-electron chi connectivity index (χ3n) is 4.51. The summed E-state index contributed by atoms with van der Waals surface area (Å²) in [5, 5.41) is 3.57. The van der Waals surface area contributed by atoms with E-state index in [1.165, 1.54) is 11.1 Å². The maximum absolute atomic E-state index is 5.59. The van der Waals surface area contributed by atoms with Crippen LogP contribution in [0.5, 0.6) is 0 Å². The van der Waals surface area contributed by atoms with E-state index in [1.807, 2.05) is 12.1 Å². The van der Waals surface area contributed by atoms with E-state index in [0.717, 1.165) is 44.9 Å². The van der Waals surface area contributed by atoms with Gasteiger partial charge < -0.3 is 14.5 Å². The SMILES string of the molecule is Cc1ccccc1C1(CNCc2ccco2)CCOCC1. The van der Waals surface area contributed by atoms with Crippen LogP contribution in [0.3, 0.4) is 0 Å². The lowest BCUT2D eigenvalue weighted by molar-refractivity contribution is 0.0494. The first-order valence-electron chi connectivity index (χ1n) is 7.67. The minimum absolute atomic E-state index is 0.177. The van der Waals surface area contributed by atoms with Crippen LogP contribution in [-0.4, -0.2) is 19.8 Å². The van der Waals surface area contributed by atoms with E-state index in [2.05, 4.69) is 36.5 Å². The number of ether oxygens (including phenoxy) is 1. The molecule has 0 saturated carbocycles. The Hall–Kier alpha value is -1.58. The number of furan rings is 1. The molecule has 3 rings (SSSR count). The molecule has 1 aliphatic rings. The first kappa shape index (κ1) is 14.4. The normalized spacial score (nSPS) is 17.8. The molecule has 0 amide bonds. The fourth-order valence-electron chi connectivity index (χ4n) is 3.31.